The molecule has 0 aliphatic rings. The van der Waals surface area contributed by atoms with Crippen LogP contribution in [0.4, 0.5) is 0 Å². The summed E-state index contributed by atoms with van der Waals surface area (Å²) in [5, 5.41) is 5.51. The second-order valence-corrected chi connectivity index (χ2v) is 7.11. The average molecular weight is 304 g/mol. The molecule has 0 bridgehead atoms. The van der Waals surface area contributed by atoms with Crippen molar-refractivity contribution in [2.24, 2.45) is 5.92 Å². The van der Waals surface area contributed by atoms with Gasteiger partial charge in [0, 0.05) is 11.6 Å². The van der Waals surface area contributed by atoms with E-state index in [1.807, 2.05) is 32.9 Å². The number of amides is 2. The van der Waals surface area contributed by atoms with Crippen molar-refractivity contribution in [1.82, 2.24) is 10.6 Å². The molecule has 1 unspecified atom stereocenters. The highest BCUT2D eigenvalue weighted by molar-refractivity contribution is 5.96. The first-order chi connectivity index (χ1) is 10.1. The molecule has 2 amide bonds. The van der Waals surface area contributed by atoms with Crippen molar-refractivity contribution >= 4 is 11.8 Å². The zero-order valence-electron chi connectivity index (χ0n) is 14.5. The molecular weight excluding hydrogens is 276 g/mol. The predicted molar refractivity (Wildman–Crippen MR) is 89.9 cm³/mol. The first kappa shape index (κ1) is 18.2. The summed E-state index contributed by atoms with van der Waals surface area (Å²) in [6, 6.07) is 7.59. The number of rotatable bonds is 5. The summed E-state index contributed by atoms with van der Waals surface area (Å²) in [7, 11) is 0. The van der Waals surface area contributed by atoms with Crippen LogP contribution in [-0.2, 0) is 10.2 Å². The topological polar surface area (TPSA) is 58.2 Å². The Kier molecular flexibility index (Phi) is 6.15. The van der Waals surface area contributed by atoms with Gasteiger partial charge in [-0.05, 0) is 36.0 Å². The fourth-order valence-corrected chi connectivity index (χ4v) is 1.86. The van der Waals surface area contributed by atoms with Gasteiger partial charge in [0.1, 0.15) is 0 Å². The normalized spacial score (nSPS) is 12.9. The first-order valence-electron chi connectivity index (χ1n) is 7.79. The average Bonchev–Trinajstić information content (AvgIpc) is 2.43. The quantitative estimate of drug-likeness (QED) is 0.879. The van der Waals surface area contributed by atoms with Crippen molar-refractivity contribution in [3.8, 4) is 0 Å². The van der Waals surface area contributed by atoms with Crippen molar-refractivity contribution in [2.75, 3.05) is 6.54 Å². The Labute approximate surface area is 133 Å². The molecule has 0 aliphatic heterocycles. The molecule has 0 saturated carbocycles. The number of carbonyl (C=O) groups is 2. The molecule has 122 valence electrons. The SMILES string of the molecule is CC(C)C(C)NC(=O)CNC(=O)c1ccc(C(C)(C)C)cc1. The smallest absolute Gasteiger partial charge is 0.251 e. The standard InChI is InChI=1S/C18H28N2O2/c1-12(2)13(3)20-16(21)11-19-17(22)14-7-9-15(10-8-14)18(4,5)6/h7-10,12-13H,11H2,1-6H3,(H,19,22)(H,20,21). The number of hydrogen-bond acceptors (Lipinski definition) is 2. The summed E-state index contributed by atoms with van der Waals surface area (Å²) in [4.78, 5) is 23.8. The van der Waals surface area contributed by atoms with Gasteiger partial charge in [0.25, 0.3) is 5.91 Å². The molecule has 0 spiro atoms. The maximum Gasteiger partial charge on any atom is 0.251 e. The maximum atomic E-state index is 12.0. The fourth-order valence-electron chi connectivity index (χ4n) is 1.86. The number of carbonyl (C=O) groups excluding carboxylic acids is 2. The fraction of sp³-hybridized carbons (Fsp3) is 0.556. The van der Waals surface area contributed by atoms with Crippen LogP contribution in [0.5, 0.6) is 0 Å². The van der Waals surface area contributed by atoms with E-state index in [0.29, 0.717) is 11.5 Å². The Morgan fingerprint density at radius 2 is 1.59 bits per heavy atom. The summed E-state index contributed by atoms with van der Waals surface area (Å²) in [5.74, 6) is -0.0294. The van der Waals surface area contributed by atoms with Crippen molar-refractivity contribution < 1.29 is 9.59 Å². The summed E-state index contributed by atoms with van der Waals surface area (Å²) < 4.78 is 0. The predicted octanol–water partition coefficient (Wildman–Crippen LogP) is 2.87. The van der Waals surface area contributed by atoms with E-state index in [1.54, 1.807) is 12.1 Å². The Morgan fingerprint density at radius 1 is 1.05 bits per heavy atom. The van der Waals surface area contributed by atoms with Crippen molar-refractivity contribution in [2.45, 2.75) is 53.0 Å². The lowest BCUT2D eigenvalue weighted by Crippen LogP contribution is -2.42. The zero-order valence-corrected chi connectivity index (χ0v) is 14.5. The van der Waals surface area contributed by atoms with Crippen LogP contribution in [0.1, 0.15) is 57.5 Å². The van der Waals surface area contributed by atoms with E-state index < -0.39 is 0 Å². The van der Waals surface area contributed by atoms with Gasteiger partial charge < -0.3 is 10.6 Å². The molecule has 0 heterocycles. The molecule has 0 aromatic heterocycles. The number of benzene rings is 1. The monoisotopic (exact) mass is 304 g/mol. The minimum absolute atomic E-state index is 0.00306. The summed E-state index contributed by atoms with van der Waals surface area (Å²) >= 11 is 0. The molecule has 1 rings (SSSR count). The molecule has 2 N–H and O–H groups in total. The summed E-state index contributed by atoms with van der Waals surface area (Å²) in [6.45, 7) is 12.4. The molecular formula is C18H28N2O2. The van der Waals surface area contributed by atoms with Gasteiger partial charge in [-0.15, -0.1) is 0 Å². The van der Waals surface area contributed by atoms with Crippen LogP contribution in [0.2, 0.25) is 0 Å². The van der Waals surface area contributed by atoms with E-state index in [9.17, 15) is 9.59 Å². The first-order valence-corrected chi connectivity index (χ1v) is 7.79. The van der Waals surface area contributed by atoms with Crippen LogP contribution in [0.15, 0.2) is 24.3 Å². The molecule has 1 atom stereocenters. The van der Waals surface area contributed by atoms with Crippen LogP contribution >= 0.6 is 0 Å². The van der Waals surface area contributed by atoms with Gasteiger partial charge >= 0.3 is 0 Å². The largest absolute Gasteiger partial charge is 0.352 e. The van der Waals surface area contributed by atoms with Crippen molar-refractivity contribution in [3.63, 3.8) is 0 Å². The minimum atomic E-state index is -0.229. The van der Waals surface area contributed by atoms with Crippen LogP contribution in [0.25, 0.3) is 0 Å². The minimum Gasteiger partial charge on any atom is -0.352 e. The Hall–Kier alpha value is -1.84. The molecule has 0 fully saturated rings. The summed E-state index contributed by atoms with van der Waals surface area (Å²) in [5.41, 5.74) is 1.80. The molecule has 22 heavy (non-hydrogen) atoms. The third-order valence-corrected chi connectivity index (χ3v) is 3.81. The van der Waals surface area contributed by atoms with Gasteiger partial charge in [-0.1, -0.05) is 46.8 Å². The summed E-state index contributed by atoms with van der Waals surface area (Å²) in [6.07, 6.45) is 0. The van der Waals surface area contributed by atoms with Crippen molar-refractivity contribution in [3.05, 3.63) is 35.4 Å². The molecule has 4 heteroatoms. The van der Waals surface area contributed by atoms with Crippen molar-refractivity contribution in [1.29, 1.82) is 0 Å². The molecule has 1 aromatic carbocycles. The van der Waals surface area contributed by atoms with Gasteiger partial charge in [0.05, 0.1) is 6.54 Å². The highest BCUT2D eigenvalue weighted by Crippen LogP contribution is 2.22. The highest BCUT2D eigenvalue weighted by Gasteiger charge is 2.15. The second-order valence-electron chi connectivity index (χ2n) is 7.11. The van der Waals surface area contributed by atoms with E-state index in [0.717, 1.165) is 0 Å². The van der Waals surface area contributed by atoms with Gasteiger partial charge in [-0.2, -0.15) is 0 Å². The number of nitrogens with one attached hydrogen (secondary N) is 2. The Balaban J connectivity index is 2.54. The van der Waals surface area contributed by atoms with Gasteiger partial charge in [-0.25, -0.2) is 0 Å². The van der Waals surface area contributed by atoms with Gasteiger partial charge in [0.2, 0.25) is 5.91 Å². The lowest BCUT2D eigenvalue weighted by Gasteiger charge is -2.19. The van der Waals surface area contributed by atoms with E-state index in [2.05, 4.69) is 31.4 Å². The van der Waals surface area contributed by atoms with Crippen LogP contribution < -0.4 is 10.6 Å². The van der Waals surface area contributed by atoms with Crippen LogP contribution in [-0.4, -0.2) is 24.4 Å². The Morgan fingerprint density at radius 3 is 2.05 bits per heavy atom. The van der Waals surface area contributed by atoms with E-state index in [1.165, 1.54) is 5.56 Å². The molecule has 0 aliphatic carbocycles. The van der Waals surface area contributed by atoms with Crippen LogP contribution in [0.3, 0.4) is 0 Å². The van der Waals surface area contributed by atoms with E-state index >= 15 is 0 Å². The number of hydrogen-bond donors (Lipinski definition) is 2. The molecule has 0 radical (unpaired) electrons. The molecule has 1 aromatic rings. The third-order valence-electron chi connectivity index (χ3n) is 3.81. The third kappa shape index (κ3) is 5.51. The molecule has 4 nitrogen and oxygen atoms in total. The van der Waals surface area contributed by atoms with Crippen LogP contribution in [0, 0.1) is 5.92 Å². The highest BCUT2D eigenvalue weighted by atomic mass is 16.2. The zero-order chi connectivity index (χ0) is 16.9. The van der Waals surface area contributed by atoms with E-state index in [-0.39, 0.29) is 29.8 Å². The lowest BCUT2D eigenvalue weighted by atomic mass is 9.87. The Bertz CT molecular complexity index is 513. The van der Waals surface area contributed by atoms with Gasteiger partial charge in [-0.3, -0.25) is 9.59 Å². The lowest BCUT2D eigenvalue weighted by molar-refractivity contribution is -0.121. The molecule has 0 saturated heterocycles. The second kappa shape index (κ2) is 7.43. The van der Waals surface area contributed by atoms with E-state index in [4.69, 9.17) is 0 Å². The maximum absolute atomic E-state index is 12.0. The van der Waals surface area contributed by atoms with Gasteiger partial charge in [0.15, 0.2) is 0 Å².